The first-order valence-electron chi connectivity index (χ1n) is 38.6. The van der Waals surface area contributed by atoms with Crippen LogP contribution in [0.25, 0.3) is 0 Å². The van der Waals surface area contributed by atoms with Gasteiger partial charge in [0.25, 0.3) is 0 Å². The van der Waals surface area contributed by atoms with E-state index in [4.69, 9.17) is 4.74 Å². The minimum atomic E-state index is -0.840. The highest BCUT2D eigenvalue weighted by Crippen LogP contribution is 2.20. The van der Waals surface area contributed by atoms with Crippen LogP contribution in [0.1, 0.15) is 438 Å². The molecule has 6 nitrogen and oxygen atoms in total. The van der Waals surface area contributed by atoms with Gasteiger partial charge < -0.3 is 20.3 Å². The first-order chi connectivity index (χ1) is 41.5. The fourth-order valence-electron chi connectivity index (χ4n) is 12.3. The maximum Gasteiger partial charge on any atom is 0.305 e. The number of ether oxygens (including phenoxy) is 1. The molecule has 0 aliphatic carbocycles. The Hall–Kier alpha value is -1.66. The second kappa shape index (κ2) is 73.8. The summed E-state index contributed by atoms with van der Waals surface area (Å²) in [7, 11) is 0. The zero-order valence-corrected chi connectivity index (χ0v) is 57.2. The van der Waals surface area contributed by atoms with Gasteiger partial charge in [-0.15, -0.1) is 0 Å². The van der Waals surface area contributed by atoms with E-state index in [0.29, 0.717) is 19.4 Å². The van der Waals surface area contributed by atoms with Crippen molar-refractivity contribution in [1.29, 1.82) is 0 Å². The van der Waals surface area contributed by atoms with Gasteiger partial charge in [-0.1, -0.05) is 391 Å². The zero-order chi connectivity index (χ0) is 60.6. The molecule has 0 saturated carbocycles. The van der Waals surface area contributed by atoms with Gasteiger partial charge in [-0.05, 0) is 57.8 Å². The van der Waals surface area contributed by atoms with E-state index in [2.05, 4.69) is 31.3 Å². The summed E-state index contributed by atoms with van der Waals surface area (Å²) in [6, 6.07) is -0.623. The third-order valence-electron chi connectivity index (χ3n) is 18.2. The van der Waals surface area contributed by atoms with Crippen LogP contribution < -0.4 is 5.32 Å². The number of aliphatic hydroxyl groups is 2. The number of amides is 1. The van der Waals surface area contributed by atoms with Crippen LogP contribution in [0.4, 0.5) is 0 Å². The standard InChI is InChI=1S/C78H151NO5/c1-3-5-7-9-11-13-15-17-19-20-41-44-48-52-56-60-64-68-72-78(83)84-73-69-65-61-57-53-49-45-42-39-37-35-33-31-29-27-25-23-21-22-24-26-28-30-32-34-36-38-40-43-47-51-55-59-63-67-71-77(82)79-75(74-80)76(81)70-66-62-58-54-50-46-18-16-14-12-10-8-6-4-2/h19-20,66,70,75-76,80-81H,3-18,21-65,67-69,71-74H2,1-2H3,(H,79,82)/b20-19-,70-66+. The molecule has 0 saturated heterocycles. The molecule has 2 atom stereocenters. The van der Waals surface area contributed by atoms with Crippen molar-refractivity contribution in [3.63, 3.8) is 0 Å². The highest BCUT2D eigenvalue weighted by molar-refractivity contribution is 5.76. The molecule has 2 unspecified atom stereocenters. The van der Waals surface area contributed by atoms with E-state index in [1.165, 1.54) is 372 Å². The summed E-state index contributed by atoms with van der Waals surface area (Å²) in [4.78, 5) is 24.6. The summed E-state index contributed by atoms with van der Waals surface area (Å²) in [6.45, 7) is 4.94. The highest BCUT2D eigenvalue weighted by atomic mass is 16.5. The van der Waals surface area contributed by atoms with Crippen LogP contribution in [0.15, 0.2) is 24.3 Å². The van der Waals surface area contributed by atoms with E-state index < -0.39 is 12.1 Å². The lowest BCUT2D eigenvalue weighted by Crippen LogP contribution is -2.45. The summed E-state index contributed by atoms with van der Waals surface area (Å²) < 4.78 is 5.51. The number of esters is 1. The number of hydrogen-bond donors (Lipinski definition) is 3. The Morgan fingerprint density at radius 1 is 0.321 bits per heavy atom. The van der Waals surface area contributed by atoms with Crippen LogP contribution in [-0.2, 0) is 14.3 Å². The van der Waals surface area contributed by atoms with Crippen LogP contribution in [-0.4, -0.2) is 47.4 Å². The molecule has 498 valence electrons. The van der Waals surface area contributed by atoms with Crippen LogP contribution in [0, 0.1) is 0 Å². The van der Waals surface area contributed by atoms with Crippen molar-refractivity contribution in [2.24, 2.45) is 0 Å². The number of rotatable bonds is 73. The van der Waals surface area contributed by atoms with Crippen molar-refractivity contribution in [2.75, 3.05) is 13.2 Å². The number of carbonyl (C=O) groups is 2. The number of carbonyl (C=O) groups excluding carboxylic acids is 2. The molecule has 0 aliphatic rings. The van der Waals surface area contributed by atoms with E-state index in [1.807, 2.05) is 6.08 Å². The van der Waals surface area contributed by atoms with Crippen molar-refractivity contribution < 1.29 is 24.5 Å². The SMILES string of the molecule is CCCCCCCCC/C=C\CCCCCCCCCC(=O)OCCCCCCCCCCCCCCCCCCCCCCCCCCCCCCCCCCCCCC(=O)NC(CO)C(O)/C=C/CCCCCCCCCCCCCC. The zero-order valence-electron chi connectivity index (χ0n) is 57.2. The maximum absolute atomic E-state index is 12.5. The number of hydrogen-bond acceptors (Lipinski definition) is 5. The molecule has 0 spiro atoms. The molecule has 0 radical (unpaired) electrons. The van der Waals surface area contributed by atoms with Gasteiger partial charge in [-0.25, -0.2) is 0 Å². The van der Waals surface area contributed by atoms with Gasteiger partial charge in [0, 0.05) is 12.8 Å². The van der Waals surface area contributed by atoms with E-state index in [-0.39, 0.29) is 18.5 Å². The van der Waals surface area contributed by atoms with Gasteiger partial charge in [0.1, 0.15) is 0 Å². The topological polar surface area (TPSA) is 95.9 Å². The van der Waals surface area contributed by atoms with Crippen LogP contribution >= 0.6 is 0 Å². The van der Waals surface area contributed by atoms with Gasteiger partial charge in [-0.3, -0.25) is 9.59 Å². The molecule has 0 aromatic heterocycles. The molecule has 0 rings (SSSR count). The van der Waals surface area contributed by atoms with Crippen molar-refractivity contribution in [3.8, 4) is 0 Å². The molecule has 3 N–H and O–H groups in total. The second-order valence-electron chi connectivity index (χ2n) is 26.7. The molecule has 84 heavy (non-hydrogen) atoms. The number of aliphatic hydroxyl groups excluding tert-OH is 2. The molecular formula is C78H151NO5. The van der Waals surface area contributed by atoms with Gasteiger partial charge >= 0.3 is 5.97 Å². The van der Waals surface area contributed by atoms with Gasteiger partial charge in [0.15, 0.2) is 0 Å². The van der Waals surface area contributed by atoms with Crippen molar-refractivity contribution >= 4 is 11.9 Å². The van der Waals surface area contributed by atoms with E-state index in [9.17, 15) is 19.8 Å². The smallest absolute Gasteiger partial charge is 0.305 e. The highest BCUT2D eigenvalue weighted by Gasteiger charge is 2.18. The molecule has 0 aromatic rings. The summed E-state index contributed by atoms with van der Waals surface area (Å²) >= 11 is 0. The first kappa shape index (κ1) is 82.3. The summed E-state index contributed by atoms with van der Waals surface area (Å²) in [5.41, 5.74) is 0. The molecule has 0 aromatic carbocycles. The predicted octanol–water partition coefficient (Wildman–Crippen LogP) is 25.3. The van der Waals surface area contributed by atoms with Crippen molar-refractivity contribution in [3.05, 3.63) is 24.3 Å². The summed E-state index contributed by atoms with van der Waals surface area (Å²) in [5.74, 6) is -0.0398. The predicted molar refractivity (Wildman–Crippen MR) is 370 cm³/mol. The van der Waals surface area contributed by atoms with Crippen LogP contribution in [0.3, 0.4) is 0 Å². The van der Waals surface area contributed by atoms with Gasteiger partial charge in [-0.2, -0.15) is 0 Å². The Balaban J connectivity index is 3.30. The Morgan fingerprint density at radius 2 is 0.560 bits per heavy atom. The normalized spacial score (nSPS) is 12.6. The minimum absolute atomic E-state index is 0.0203. The lowest BCUT2D eigenvalue weighted by atomic mass is 10.0. The fraction of sp³-hybridized carbons (Fsp3) is 0.923. The van der Waals surface area contributed by atoms with Gasteiger partial charge in [0.05, 0.1) is 25.4 Å². The second-order valence-corrected chi connectivity index (χ2v) is 26.7. The lowest BCUT2D eigenvalue weighted by molar-refractivity contribution is -0.143. The number of unbranched alkanes of at least 4 members (excludes halogenated alkanes) is 60. The molecule has 0 fully saturated rings. The molecule has 6 heteroatoms. The minimum Gasteiger partial charge on any atom is -0.466 e. The molecule has 1 amide bonds. The first-order valence-corrected chi connectivity index (χ1v) is 38.6. The number of nitrogens with one attached hydrogen (secondary N) is 1. The molecule has 0 aliphatic heterocycles. The third kappa shape index (κ3) is 69.4. The average Bonchev–Trinajstić information content (AvgIpc) is 3.54. The Kier molecular flexibility index (Phi) is 72.3. The Labute approximate surface area is 526 Å². The fourth-order valence-corrected chi connectivity index (χ4v) is 12.3. The number of allylic oxidation sites excluding steroid dienone is 3. The summed E-state index contributed by atoms with van der Waals surface area (Å²) in [5, 5.41) is 23.2. The van der Waals surface area contributed by atoms with E-state index in [1.54, 1.807) is 6.08 Å². The quantitative estimate of drug-likeness (QED) is 0.0320. The Bertz CT molecular complexity index is 1320. The molecule has 0 bridgehead atoms. The van der Waals surface area contributed by atoms with Crippen LogP contribution in [0.2, 0.25) is 0 Å². The maximum atomic E-state index is 12.5. The van der Waals surface area contributed by atoms with E-state index in [0.717, 1.165) is 38.5 Å². The Morgan fingerprint density at radius 3 is 0.845 bits per heavy atom. The average molecular weight is 1180 g/mol. The van der Waals surface area contributed by atoms with E-state index >= 15 is 0 Å². The van der Waals surface area contributed by atoms with Gasteiger partial charge in [0.2, 0.25) is 5.91 Å². The monoisotopic (exact) mass is 1180 g/mol. The molecular weight excluding hydrogens is 1030 g/mol. The van der Waals surface area contributed by atoms with Crippen molar-refractivity contribution in [2.45, 2.75) is 450 Å². The third-order valence-corrected chi connectivity index (χ3v) is 18.2. The summed E-state index contributed by atoms with van der Waals surface area (Å²) in [6.07, 6.45) is 94.4. The molecule has 0 heterocycles. The lowest BCUT2D eigenvalue weighted by Gasteiger charge is -2.20. The largest absolute Gasteiger partial charge is 0.466 e. The van der Waals surface area contributed by atoms with Crippen molar-refractivity contribution in [1.82, 2.24) is 5.32 Å². The van der Waals surface area contributed by atoms with Crippen LogP contribution in [0.5, 0.6) is 0 Å².